The normalized spacial score (nSPS) is 27.8. The van der Waals surface area contributed by atoms with Crippen molar-refractivity contribution in [2.24, 2.45) is 5.41 Å². The van der Waals surface area contributed by atoms with Gasteiger partial charge in [-0.1, -0.05) is 31.9 Å². The third-order valence-electron chi connectivity index (χ3n) is 3.21. The number of allylic oxidation sites excluding steroid dienone is 3. The molecule has 0 spiro atoms. The first-order valence-electron chi connectivity index (χ1n) is 6.03. The fraction of sp³-hybridized carbons (Fsp3) is 0.643. The zero-order chi connectivity index (χ0) is 12.2. The van der Waals surface area contributed by atoms with E-state index >= 15 is 0 Å². The summed E-state index contributed by atoms with van der Waals surface area (Å²) >= 11 is 0. The summed E-state index contributed by atoms with van der Waals surface area (Å²) in [5.41, 5.74) is 2.76. The first kappa shape index (κ1) is 13.0. The van der Waals surface area contributed by atoms with Gasteiger partial charge in [0.25, 0.3) is 0 Å². The van der Waals surface area contributed by atoms with Gasteiger partial charge in [0.15, 0.2) is 0 Å². The Bertz CT molecular complexity index is 326. The lowest BCUT2D eigenvalue weighted by molar-refractivity contribution is -0.137. The van der Waals surface area contributed by atoms with Crippen molar-refractivity contribution in [3.63, 3.8) is 0 Å². The van der Waals surface area contributed by atoms with Gasteiger partial charge in [0.05, 0.1) is 6.61 Å². The second-order valence-corrected chi connectivity index (χ2v) is 4.98. The molecule has 0 fully saturated rings. The van der Waals surface area contributed by atoms with Gasteiger partial charge in [-0.05, 0) is 37.7 Å². The van der Waals surface area contributed by atoms with Gasteiger partial charge in [0.1, 0.15) is 0 Å². The largest absolute Gasteiger partial charge is 0.463 e. The minimum Gasteiger partial charge on any atom is -0.463 e. The SMILES string of the molecule is CCOC(=O)/C=C1\C=C(C)CC(C)(CC)C1. The molecule has 0 amide bonds. The molecule has 0 heterocycles. The van der Waals surface area contributed by atoms with Gasteiger partial charge < -0.3 is 4.74 Å². The van der Waals surface area contributed by atoms with Crippen LogP contribution in [0.5, 0.6) is 0 Å². The third kappa shape index (κ3) is 3.51. The van der Waals surface area contributed by atoms with Gasteiger partial charge in [-0.2, -0.15) is 0 Å². The molecule has 0 bridgehead atoms. The summed E-state index contributed by atoms with van der Waals surface area (Å²) < 4.78 is 4.94. The van der Waals surface area contributed by atoms with Crippen molar-refractivity contribution in [1.29, 1.82) is 0 Å². The van der Waals surface area contributed by atoms with Gasteiger partial charge in [-0.3, -0.25) is 0 Å². The second-order valence-electron chi connectivity index (χ2n) is 4.98. The zero-order valence-corrected chi connectivity index (χ0v) is 10.8. The Labute approximate surface area is 98.4 Å². The molecule has 1 unspecified atom stereocenters. The van der Waals surface area contributed by atoms with Gasteiger partial charge in [-0.25, -0.2) is 4.79 Å². The van der Waals surface area contributed by atoms with Gasteiger partial charge >= 0.3 is 5.97 Å². The van der Waals surface area contributed by atoms with Crippen LogP contribution in [0.3, 0.4) is 0 Å². The first-order valence-corrected chi connectivity index (χ1v) is 6.03. The molecule has 0 aromatic rings. The van der Waals surface area contributed by atoms with E-state index in [1.54, 1.807) is 6.08 Å². The molecule has 0 saturated carbocycles. The Morgan fingerprint density at radius 1 is 1.50 bits per heavy atom. The van der Waals surface area contributed by atoms with Crippen LogP contribution in [0.4, 0.5) is 0 Å². The molecule has 1 atom stereocenters. The molecule has 0 saturated heterocycles. The van der Waals surface area contributed by atoms with Crippen molar-refractivity contribution in [1.82, 2.24) is 0 Å². The number of carbonyl (C=O) groups excluding carboxylic acids is 1. The monoisotopic (exact) mass is 222 g/mol. The van der Waals surface area contributed by atoms with E-state index in [9.17, 15) is 4.79 Å². The van der Waals surface area contributed by atoms with Crippen molar-refractivity contribution in [3.8, 4) is 0 Å². The van der Waals surface area contributed by atoms with Crippen LogP contribution >= 0.6 is 0 Å². The van der Waals surface area contributed by atoms with Crippen LogP contribution in [0.15, 0.2) is 23.3 Å². The van der Waals surface area contributed by atoms with Crippen molar-refractivity contribution >= 4 is 5.97 Å². The maximum Gasteiger partial charge on any atom is 0.331 e. The molecule has 1 aliphatic carbocycles. The van der Waals surface area contributed by atoms with Crippen molar-refractivity contribution in [3.05, 3.63) is 23.3 Å². The number of ether oxygens (including phenoxy) is 1. The summed E-state index contributed by atoms with van der Waals surface area (Å²) in [7, 11) is 0. The van der Waals surface area contributed by atoms with E-state index in [1.807, 2.05) is 6.92 Å². The van der Waals surface area contributed by atoms with E-state index in [2.05, 4.69) is 26.8 Å². The molecule has 0 N–H and O–H groups in total. The fourth-order valence-electron chi connectivity index (χ4n) is 2.33. The molecule has 2 heteroatoms. The molecule has 0 aliphatic heterocycles. The van der Waals surface area contributed by atoms with Crippen LogP contribution in [0.1, 0.15) is 47.0 Å². The van der Waals surface area contributed by atoms with Crippen LogP contribution < -0.4 is 0 Å². The minimum absolute atomic E-state index is 0.220. The van der Waals surface area contributed by atoms with Crippen LogP contribution in [-0.4, -0.2) is 12.6 Å². The molecule has 16 heavy (non-hydrogen) atoms. The summed E-state index contributed by atoms with van der Waals surface area (Å²) in [4.78, 5) is 11.4. The highest BCUT2D eigenvalue weighted by Gasteiger charge is 2.27. The maximum absolute atomic E-state index is 11.4. The number of carbonyl (C=O) groups is 1. The van der Waals surface area contributed by atoms with E-state index in [1.165, 1.54) is 5.57 Å². The quantitative estimate of drug-likeness (QED) is 0.538. The van der Waals surface area contributed by atoms with Gasteiger partial charge in [0, 0.05) is 6.08 Å². The molecule has 2 nitrogen and oxygen atoms in total. The lowest BCUT2D eigenvalue weighted by Crippen LogP contribution is -2.20. The number of hydrogen-bond donors (Lipinski definition) is 0. The molecule has 1 aliphatic rings. The minimum atomic E-state index is -0.220. The van der Waals surface area contributed by atoms with Gasteiger partial charge in [-0.15, -0.1) is 0 Å². The summed E-state index contributed by atoms with van der Waals surface area (Å²) in [5, 5.41) is 0. The highest BCUT2D eigenvalue weighted by molar-refractivity contribution is 5.83. The fourth-order valence-corrected chi connectivity index (χ4v) is 2.33. The maximum atomic E-state index is 11.4. The lowest BCUT2D eigenvalue weighted by atomic mass is 9.72. The highest BCUT2D eigenvalue weighted by Crippen LogP contribution is 2.40. The molecular weight excluding hydrogens is 200 g/mol. The van der Waals surface area contributed by atoms with Crippen molar-refractivity contribution in [2.75, 3.05) is 6.61 Å². The van der Waals surface area contributed by atoms with E-state index in [4.69, 9.17) is 4.74 Å². The predicted octanol–water partition coefficient (Wildman–Crippen LogP) is 3.63. The smallest absolute Gasteiger partial charge is 0.331 e. The summed E-state index contributed by atoms with van der Waals surface area (Å²) in [6.07, 6.45) is 7.00. The predicted molar refractivity (Wildman–Crippen MR) is 66.1 cm³/mol. The zero-order valence-electron chi connectivity index (χ0n) is 10.8. The molecular formula is C14H22O2. The third-order valence-corrected chi connectivity index (χ3v) is 3.21. The van der Waals surface area contributed by atoms with E-state index in [0.717, 1.165) is 24.8 Å². The summed E-state index contributed by atoms with van der Waals surface area (Å²) in [6, 6.07) is 0. The topological polar surface area (TPSA) is 26.3 Å². The Morgan fingerprint density at radius 3 is 2.75 bits per heavy atom. The van der Waals surface area contributed by atoms with Crippen molar-refractivity contribution in [2.45, 2.75) is 47.0 Å². The number of rotatable bonds is 3. The number of esters is 1. The first-order chi connectivity index (χ1) is 7.49. The Kier molecular flexibility index (Phi) is 4.34. The summed E-state index contributed by atoms with van der Waals surface area (Å²) in [5.74, 6) is -0.220. The van der Waals surface area contributed by atoms with E-state index in [0.29, 0.717) is 12.0 Å². The average molecular weight is 222 g/mol. The van der Waals surface area contributed by atoms with Crippen LogP contribution in [0.2, 0.25) is 0 Å². The molecule has 0 aromatic heterocycles. The Hall–Kier alpha value is -1.05. The Balaban J connectivity index is 2.82. The highest BCUT2D eigenvalue weighted by atomic mass is 16.5. The van der Waals surface area contributed by atoms with Crippen LogP contribution in [0.25, 0.3) is 0 Å². The van der Waals surface area contributed by atoms with Crippen LogP contribution in [0, 0.1) is 5.41 Å². The summed E-state index contributed by atoms with van der Waals surface area (Å²) in [6.45, 7) is 8.89. The lowest BCUT2D eigenvalue weighted by Gasteiger charge is -2.33. The average Bonchev–Trinajstić information content (AvgIpc) is 2.16. The van der Waals surface area contributed by atoms with Gasteiger partial charge in [0.2, 0.25) is 0 Å². The molecule has 0 radical (unpaired) electrons. The van der Waals surface area contributed by atoms with E-state index in [-0.39, 0.29) is 5.97 Å². The molecule has 0 aromatic carbocycles. The number of hydrogen-bond acceptors (Lipinski definition) is 2. The standard InChI is InChI=1S/C14H22O2/c1-5-14(4)9-11(3)7-12(10-14)8-13(15)16-6-2/h7-8H,5-6,9-10H2,1-4H3/b12-8+. The second kappa shape index (κ2) is 5.33. The molecule has 1 rings (SSSR count). The van der Waals surface area contributed by atoms with Crippen molar-refractivity contribution < 1.29 is 9.53 Å². The van der Waals surface area contributed by atoms with E-state index < -0.39 is 0 Å². The molecule has 90 valence electrons. The van der Waals surface area contributed by atoms with Crippen LogP contribution in [-0.2, 0) is 9.53 Å². The Morgan fingerprint density at radius 2 is 2.19 bits per heavy atom.